The number of amides is 1. The van der Waals surface area contributed by atoms with Crippen molar-refractivity contribution in [2.45, 2.75) is 32.5 Å². The van der Waals surface area contributed by atoms with Gasteiger partial charge < -0.3 is 15.0 Å². The first kappa shape index (κ1) is 24.1. The Labute approximate surface area is 199 Å². The van der Waals surface area contributed by atoms with E-state index in [4.69, 9.17) is 4.74 Å². The molecule has 1 aromatic heterocycles. The molecule has 2 N–H and O–H groups in total. The van der Waals surface area contributed by atoms with Gasteiger partial charge in [-0.2, -0.15) is 13.2 Å². The van der Waals surface area contributed by atoms with Gasteiger partial charge >= 0.3 is 6.18 Å². The van der Waals surface area contributed by atoms with Gasteiger partial charge in [-0.05, 0) is 35.2 Å². The summed E-state index contributed by atoms with van der Waals surface area (Å²) < 4.78 is 47.7. The first-order chi connectivity index (χ1) is 16.6. The Bertz CT molecular complexity index is 1430. The third-order valence-electron chi connectivity index (χ3n) is 5.60. The highest BCUT2D eigenvalue weighted by atomic mass is 19.4. The molecule has 5 nitrogen and oxygen atoms in total. The number of hydrogen-bond acceptors (Lipinski definition) is 3. The van der Waals surface area contributed by atoms with E-state index in [1.165, 1.54) is 12.3 Å². The van der Waals surface area contributed by atoms with Crippen molar-refractivity contribution in [1.82, 2.24) is 4.98 Å². The standard InChI is InChI=1S/C27H23F3N2O3/c1-16(2)19-12-21(27(28,29)30)23(13-24(19)35-15-17-8-4-3-5-9-17)32-26(34)20-14-31-22-11-7-6-10-18(22)25(20)33/h3-14,16H,15H2,1-2H3,(H,31,33)(H,32,34). The van der Waals surface area contributed by atoms with E-state index >= 15 is 0 Å². The summed E-state index contributed by atoms with van der Waals surface area (Å²) in [6.45, 7) is 3.67. The summed E-state index contributed by atoms with van der Waals surface area (Å²) in [7, 11) is 0. The van der Waals surface area contributed by atoms with Crippen molar-refractivity contribution in [2.24, 2.45) is 0 Å². The van der Waals surface area contributed by atoms with E-state index in [1.807, 2.05) is 30.3 Å². The molecule has 0 fully saturated rings. The van der Waals surface area contributed by atoms with Crippen LogP contribution >= 0.6 is 0 Å². The molecule has 0 spiro atoms. The molecule has 0 unspecified atom stereocenters. The molecule has 4 rings (SSSR count). The second-order valence-corrected chi connectivity index (χ2v) is 8.39. The molecule has 0 bridgehead atoms. The van der Waals surface area contributed by atoms with Crippen LogP contribution in [0.1, 0.15) is 46.8 Å². The van der Waals surface area contributed by atoms with Crippen molar-refractivity contribution in [3.8, 4) is 5.75 Å². The van der Waals surface area contributed by atoms with Gasteiger partial charge in [0.15, 0.2) is 0 Å². The van der Waals surface area contributed by atoms with Crippen molar-refractivity contribution in [1.29, 1.82) is 0 Å². The number of H-pyrrole nitrogens is 1. The minimum absolute atomic E-state index is 0.143. The second kappa shape index (κ2) is 9.66. The number of ether oxygens (including phenoxy) is 1. The number of fused-ring (bicyclic) bond motifs is 1. The number of nitrogens with one attached hydrogen (secondary N) is 2. The van der Waals surface area contributed by atoms with Crippen molar-refractivity contribution in [3.05, 3.63) is 105 Å². The largest absolute Gasteiger partial charge is 0.489 e. The molecule has 4 aromatic rings. The van der Waals surface area contributed by atoms with E-state index < -0.39 is 28.8 Å². The summed E-state index contributed by atoms with van der Waals surface area (Å²) in [5.74, 6) is -0.997. The van der Waals surface area contributed by atoms with Crippen LogP contribution in [0.5, 0.6) is 5.75 Å². The number of pyridine rings is 1. The van der Waals surface area contributed by atoms with E-state index in [1.54, 1.807) is 38.1 Å². The highest BCUT2D eigenvalue weighted by Crippen LogP contribution is 2.41. The van der Waals surface area contributed by atoms with Crippen molar-refractivity contribution >= 4 is 22.5 Å². The fourth-order valence-electron chi connectivity index (χ4n) is 3.77. The summed E-state index contributed by atoms with van der Waals surface area (Å²) in [5.41, 5.74) is -0.657. The highest BCUT2D eigenvalue weighted by molar-refractivity contribution is 6.06. The first-order valence-electron chi connectivity index (χ1n) is 11.0. The topological polar surface area (TPSA) is 71.2 Å². The van der Waals surface area contributed by atoms with E-state index in [0.29, 0.717) is 11.1 Å². The average molecular weight is 480 g/mol. The number of anilines is 1. The van der Waals surface area contributed by atoms with Gasteiger partial charge in [0, 0.05) is 23.2 Å². The molecule has 1 amide bonds. The van der Waals surface area contributed by atoms with Gasteiger partial charge in [0.05, 0.1) is 11.3 Å². The number of aromatic nitrogens is 1. The van der Waals surface area contributed by atoms with Gasteiger partial charge in [-0.15, -0.1) is 0 Å². The summed E-state index contributed by atoms with van der Waals surface area (Å²) in [6, 6.07) is 17.9. The maximum Gasteiger partial charge on any atom is 0.418 e. The maximum absolute atomic E-state index is 14.0. The van der Waals surface area contributed by atoms with Gasteiger partial charge in [0.25, 0.3) is 5.91 Å². The lowest BCUT2D eigenvalue weighted by Gasteiger charge is -2.21. The molecule has 0 atom stereocenters. The van der Waals surface area contributed by atoms with E-state index in [9.17, 15) is 22.8 Å². The predicted octanol–water partition coefficient (Wildman–Crippen LogP) is 6.50. The van der Waals surface area contributed by atoms with Gasteiger partial charge in [-0.3, -0.25) is 9.59 Å². The first-order valence-corrected chi connectivity index (χ1v) is 11.0. The van der Waals surface area contributed by atoms with Gasteiger partial charge in [-0.25, -0.2) is 0 Å². The summed E-state index contributed by atoms with van der Waals surface area (Å²) in [6.07, 6.45) is -3.54. The number of benzene rings is 3. The monoisotopic (exact) mass is 480 g/mol. The zero-order chi connectivity index (χ0) is 25.2. The minimum Gasteiger partial charge on any atom is -0.489 e. The minimum atomic E-state index is -4.74. The molecule has 1 heterocycles. The smallest absolute Gasteiger partial charge is 0.418 e. The fourth-order valence-corrected chi connectivity index (χ4v) is 3.77. The molecular weight excluding hydrogens is 457 g/mol. The Morgan fingerprint density at radius 3 is 2.40 bits per heavy atom. The number of alkyl halides is 3. The van der Waals surface area contributed by atoms with Crippen molar-refractivity contribution in [3.63, 3.8) is 0 Å². The van der Waals surface area contributed by atoms with Crippen LogP contribution in [-0.2, 0) is 12.8 Å². The molecule has 35 heavy (non-hydrogen) atoms. The van der Waals surface area contributed by atoms with E-state index in [0.717, 1.165) is 11.6 Å². The number of rotatable bonds is 6. The Balaban J connectivity index is 1.74. The lowest BCUT2D eigenvalue weighted by Crippen LogP contribution is -2.23. The van der Waals surface area contributed by atoms with Crippen LogP contribution < -0.4 is 15.5 Å². The summed E-state index contributed by atoms with van der Waals surface area (Å²) in [4.78, 5) is 28.5. The third-order valence-corrected chi connectivity index (χ3v) is 5.60. The van der Waals surface area contributed by atoms with Gasteiger partial charge in [0.1, 0.15) is 17.9 Å². The molecule has 0 aliphatic carbocycles. The number of hydrogen-bond donors (Lipinski definition) is 2. The number of para-hydroxylation sites is 1. The number of halogens is 3. The molecular formula is C27H23F3N2O3. The summed E-state index contributed by atoms with van der Waals surface area (Å²) in [5, 5.41) is 2.55. The van der Waals surface area contributed by atoms with Crippen LogP contribution in [0.2, 0.25) is 0 Å². The Kier molecular flexibility index (Phi) is 6.64. The predicted molar refractivity (Wildman–Crippen MR) is 129 cm³/mol. The number of aromatic amines is 1. The van der Waals surface area contributed by atoms with Gasteiger partial charge in [-0.1, -0.05) is 56.3 Å². The summed E-state index contributed by atoms with van der Waals surface area (Å²) >= 11 is 0. The van der Waals surface area contributed by atoms with Crippen LogP contribution in [0, 0.1) is 0 Å². The lowest BCUT2D eigenvalue weighted by molar-refractivity contribution is -0.137. The number of carbonyl (C=O) groups is 1. The Hall–Kier alpha value is -4.07. The van der Waals surface area contributed by atoms with Crippen molar-refractivity contribution < 1.29 is 22.7 Å². The van der Waals surface area contributed by atoms with Crippen LogP contribution in [0.25, 0.3) is 10.9 Å². The van der Waals surface area contributed by atoms with Crippen LogP contribution in [0.15, 0.2) is 77.7 Å². The van der Waals surface area contributed by atoms with Crippen LogP contribution in [0.3, 0.4) is 0 Å². The molecule has 0 radical (unpaired) electrons. The molecule has 3 aromatic carbocycles. The molecule has 0 aliphatic rings. The Morgan fingerprint density at radius 1 is 1.03 bits per heavy atom. The third kappa shape index (κ3) is 5.21. The van der Waals surface area contributed by atoms with Crippen LogP contribution in [0.4, 0.5) is 18.9 Å². The second-order valence-electron chi connectivity index (χ2n) is 8.39. The maximum atomic E-state index is 14.0. The molecule has 0 aliphatic heterocycles. The average Bonchev–Trinajstić information content (AvgIpc) is 2.82. The Morgan fingerprint density at radius 2 is 1.71 bits per heavy atom. The van der Waals surface area contributed by atoms with E-state index in [2.05, 4.69) is 10.3 Å². The van der Waals surface area contributed by atoms with Gasteiger partial charge in [0.2, 0.25) is 5.43 Å². The normalized spacial score (nSPS) is 11.6. The van der Waals surface area contributed by atoms with E-state index in [-0.39, 0.29) is 29.2 Å². The molecule has 0 saturated carbocycles. The fraction of sp³-hybridized carbons (Fsp3) is 0.185. The molecule has 0 saturated heterocycles. The SMILES string of the molecule is CC(C)c1cc(C(F)(F)F)c(NC(=O)c2c[nH]c3ccccc3c2=O)cc1OCc1ccccc1. The quantitative estimate of drug-likeness (QED) is 0.331. The van der Waals surface area contributed by atoms with Crippen molar-refractivity contribution in [2.75, 3.05) is 5.32 Å². The zero-order valence-corrected chi connectivity index (χ0v) is 19.1. The molecule has 8 heteroatoms. The van der Waals surface area contributed by atoms with Crippen LogP contribution in [-0.4, -0.2) is 10.9 Å². The lowest BCUT2D eigenvalue weighted by atomic mass is 9.97. The zero-order valence-electron chi connectivity index (χ0n) is 19.1. The number of carbonyl (C=O) groups excluding carboxylic acids is 1. The highest BCUT2D eigenvalue weighted by Gasteiger charge is 2.36. The molecule has 180 valence electrons.